The van der Waals surface area contributed by atoms with Crippen molar-refractivity contribution in [3.8, 4) is 0 Å². The maximum absolute atomic E-state index is 5.93. The van der Waals surface area contributed by atoms with Gasteiger partial charge in [0.25, 0.3) is 0 Å². The summed E-state index contributed by atoms with van der Waals surface area (Å²) in [6.45, 7) is 3.47. The highest BCUT2D eigenvalue weighted by Crippen LogP contribution is 2.31. The molecule has 2 heterocycles. The van der Waals surface area contributed by atoms with Crippen LogP contribution in [-0.4, -0.2) is 35.6 Å². The maximum Gasteiger partial charge on any atom is 0.149 e. The molecule has 5 heteroatoms. The van der Waals surface area contributed by atoms with E-state index in [9.17, 15) is 0 Å². The van der Waals surface area contributed by atoms with Crippen LogP contribution < -0.4 is 11.1 Å². The van der Waals surface area contributed by atoms with Gasteiger partial charge in [0.2, 0.25) is 0 Å². The van der Waals surface area contributed by atoms with Gasteiger partial charge < -0.3 is 16.0 Å². The first-order valence-corrected chi connectivity index (χ1v) is 7.40. The van der Waals surface area contributed by atoms with E-state index in [1.165, 1.54) is 32.4 Å². The van der Waals surface area contributed by atoms with E-state index in [0.717, 1.165) is 28.8 Å². The van der Waals surface area contributed by atoms with Gasteiger partial charge in [0, 0.05) is 29.8 Å². The monoisotopic (exact) mass is 310 g/mol. The maximum atomic E-state index is 5.93. The van der Waals surface area contributed by atoms with Crippen LogP contribution >= 0.6 is 15.9 Å². The summed E-state index contributed by atoms with van der Waals surface area (Å²) in [6.07, 6.45) is 5.88. The molecule has 1 saturated carbocycles. The summed E-state index contributed by atoms with van der Waals surface area (Å²) >= 11 is 3.37. The number of nitrogens with zero attached hydrogens (tertiary/aromatic N) is 2. The molecule has 0 bridgehead atoms. The van der Waals surface area contributed by atoms with Crippen molar-refractivity contribution in [1.82, 2.24) is 9.88 Å². The smallest absolute Gasteiger partial charge is 0.149 e. The second-order valence-electron chi connectivity index (χ2n) is 5.35. The summed E-state index contributed by atoms with van der Waals surface area (Å²) in [7, 11) is 0. The van der Waals surface area contributed by atoms with Crippen molar-refractivity contribution >= 4 is 27.4 Å². The average molecular weight is 311 g/mol. The summed E-state index contributed by atoms with van der Waals surface area (Å²) in [5.74, 6) is 1.54. The molecule has 0 spiro atoms. The van der Waals surface area contributed by atoms with E-state index in [2.05, 4.69) is 31.1 Å². The van der Waals surface area contributed by atoms with Gasteiger partial charge in [-0.15, -0.1) is 0 Å². The van der Waals surface area contributed by atoms with Crippen LogP contribution in [0, 0.1) is 5.92 Å². The molecule has 1 unspecified atom stereocenters. The molecule has 0 amide bonds. The Morgan fingerprint density at radius 1 is 1.44 bits per heavy atom. The van der Waals surface area contributed by atoms with Crippen LogP contribution in [0.2, 0.25) is 0 Å². The minimum absolute atomic E-state index is 0.710. The number of hydrogen-bond donors (Lipinski definition) is 2. The quantitative estimate of drug-likeness (QED) is 0.896. The summed E-state index contributed by atoms with van der Waals surface area (Å²) in [5, 5.41) is 3.38. The number of pyridine rings is 1. The minimum atomic E-state index is 0.710. The van der Waals surface area contributed by atoms with Crippen LogP contribution in [0.4, 0.5) is 11.5 Å². The number of halogens is 1. The van der Waals surface area contributed by atoms with Crippen LogP contribution in [0.5, 0.6) is 0 Å². The molecule has 0 radical (unpaired) electrons. The van der Waals surface area contributed by atoms with Crippen LogP contribution in [0.1, 0.15) is 19.3 Å². The first-order chi connectivity index (χ1) is 8.72. The summed E-state index contributed by atoms with van der Waals surface area (Å²) in [6, 6.07) is 2.78. The molecule has 3 N–H and O–H groups in total. The molecule has 3 rings (SSSR count). The second kappa shape index (κ2) is 5.05. The van der Waals surface area contributed by atoms with E-state index in [1.807, 2.05) is 6.07 Å². The van der Waals surface area contributed by atoms with Gasteiger partial charge in [0.15, 0.2) is 0 Å². The van der Waals surface area contributed by atoms with E-state index >= 15 is 0 Å². The van der Waals surface area contributed by atoms with Gasteiger partial charge in [0.1, 0.15) is 5.82 Å². The number of anilines is 2. The molecule has 1 saturated heterocycles. The average Bonchev–Trinajstić information content (AvgIpc) is 3.08. The van der Waals surface area contributed by atoms with Gasteiger partial charge in [-0.3, -0.25) is 0 Å². The predicted molar refractivity (Wildman–Crippen MR) is 77.5 cm³/mol. The zero-order chi connectivity index (χ0) is 12.5. The highest BCUT2D eigenvalue weighted by molar-refractivity contribution is 9.10. The topological polar surface area (TPSA) is 54.2 Å². The Kier molecular flexibility index (Phi) is 3.43. The van der Waals surface area contributed by atoms with E-state index in [4.69, 9.17) is 5.73 Å². The molecular weight excluding hydrogens is 292 g/mol. The number of likely N-dealkylation sites (tertiary alicyclic amines) is 1. The van der Waals surface area contributed by atoms with Crippen LogP contribution in [-0.2, 0) is 0 Å². The summed E-state index contributed by atoms with van der Waals surface area (Å²) in [4.78, 5) is 6.94. The highest BCUT2D eigenvalue weighted by atomic mass is 79.9. The molecule has 1 aliphatic heterocycles. The van der Waals surface area contributed by atoms with Crippen molar-refractivity contribution in [3.05, 3.63) is 16.7 Å². The predicted octanol–water partition coefficient (Wildman–Crippen LogP) is 2.32. The number of nitrogens with two attached hydrogens (primary N) is 1. The SMILES string of the molecule is Nc1cc(Br)cnc1NCC1CCN(C2CC2)C1. The van der Waals surface area contributed by atoms with Crippen molar-refractivity contribution < 1.29 is 0 Å². The first kappa shape index (κ1) is 12.2. The minimum Gasteiger partial charge on any atom is -0.396 e. The van der Waals surface area contributed by atoms with Crippen molar-refractivity contribution in [2.75, 3.05) is 30.7 Å². The van der Waals surface area contributed by atoms with Gasteiger partial charge in [-0.2, -0.15) is 0 Å². The molecule has 2 fully saturated rings. The Morgan fingerprint density at radius 3 is 3.00 bits per heavy atom. The number of nitrogens with one attached hydrogen (secondary N) is 1. The zero-order valence-corrected chi connectivity index (χ0v) is 12.0. The summed E-state index contributed by atoms with van der Waals surface area (Å²) in [5.41, 5.74) is 6.64. The third kappa shape index (κ3) is 2.78. The lowest BCUT2D eigenvalue weighted by Crippen LogP contribution is -2.25. The fourth-order valence-corrected chi connectivity index (χ4v) is 2.99. The van der Waals surface area contributed by atoms with Gasteiger partial charge >= 0.3 is 0 Å². The van der Waals surface area contributed by atoms with Gasteiger partial charge in [-0.05, 0) is 53.7 Å². The molecule has 0 aromatic carbocycles. The molecule has 4 nitrogen and oxygen atoms in total. The largest absolute Gasteiger partial charge is 0.396 e. The summed E-state index contributed by atoms with van der Waals surface area (Å²) < 4.78 is 0.923. The number of nitrogen functional groups attached to an aromatic ring is 1. The van der Waals surface area contributed by atoms with Gasteiger partial charge in [-0.25, -0.2) is 4.98 Å². The van der Waals surface area contributed by atoms with Crippen LogP contribution in [0.25, 0.3) is 0 Å². The molecule has 1 aromatic heterocycles. The lowest BCUT2D eigenvalue weighted by atomic mass is 10.1. The fourth-order valence-electron chi connectivity index (χ4n) is 2.64. The second-order valence-corrected chi connectivity index (χ2v) is 6.27. The fraction of sp³-hybridized carbons (Fsp3) is 0.615. The third-order valence-electron chi connectivity index (χ3n) is 3.82. The molecule has 1 atom stereocenters. The molecule has 18 heavy (non-hydrogen) atoms. The highest BCUT2D eigenvalue weighted by Gasteiger charge is 2.34. The first-order valence-electron chi connectivity index (χ1n) is 6.61. The molecule has 2 aliphatic rings. The van der Waals surface area contributed by atoms with E-state index in [-0.39, 0.29) is 0 Å². The van der Waals surface area contributed by atoms with Crippen LogP contribution in [0.3, 0.4) is 0 Å². The number of rotatable bonds is 4. The molecule has 98 valence electrons. The van der Waals surface area contributed by atoms with E-state index in [0.29, 0.717) is 5.69 Å². The van der Waals surface area contributed by atoms with Gasteiger partial charge in [-0.1, -0.05) is 0 Å². The Hall–Kier alpha value is -0.810. The number of hydrogen-bond acceptors (Lipinski definition) is 4. The lowest BCUT2D eigenvalue weighted by Gasteiger charge is -2.16. The van der Waals surface area contributed by atoms with Crippen molar-refractivity contribution in [2.45, 2.75) is 25.3 Å². The molecule has 1 aromatic rings. The standard InChI is InChI=1S/C13H19BrN4/c14-10-5-12(15)13(17-7-10)16-6-9-3-4-18(8-9)11-1-2-11/h5,7,9,11H,1-4,6,8,15H2,(H,16,17). The van der Waals surface area contributed by atoms with Crippen molar-refractivity contribution in [3.63, 3.8) is 0 Å². The van der Waals surface area contributed by atoms with Crippen molar-refractivity contribution in [2.24, 2.45) is 5.92 Å². The van der Waals surface area contributed by atoms with Crippen molar-refractivity contribution in [1.29, 1.82) is 0 Å². The number of aromatic nitrogens is 1. The Balaban J connectivity index is 1.51. The third-order valence-corrected chi connectivity index (χ3v) is 4.26. The molecule has 1 aliphatic carbocycles. The molecular formula is C13H19BrN4. The van der Waals surface area contributed by atoms with E-state index in [1.54, 1.807) is 6.20 Å². The van der Waals surface area contributed by atoms with E-state index < -0.39 is 0 Å². The Labute approximate surface area is 116 Å². The Morgan fingerprint density at radius 2 is 2.28 bits per heavy atom. The Bertz CT molecular complexity index is 433. The lowest BCUT2D eigenvalue weighted by molar-refractivity contribution is 0.316. The van der Waals surface area contributed by atoms with Gasteiger partial charge in [0.05, 0.1) is 5.69 Å². The van der Waals surface area contributed by atoms with Crippen LogP contribution in [0.15, 0.2) is 16.7 Å². The zero-order valence-electron chi connectivity index (χ0n) is 10.4. The normalized spacial score (nSPS) is 24.4.